The second-order valence-corrected chi connectivity index (χ2v) is 18.5. The number of rotatable bonds is 2. The summed E-state index contributed by atoms with van der Waals surface area (Å²) in [6.07, 6.45) is 4.81. The minimum Gasteiger partial charge on any atom is -0.378 e. The first-order chi connectivity index (χ1) is 32.9. The summed E-state index contributed by atoms with van der Waals surface area (Å²) in [5.41, 5.74) is 4.49. The number of aliphatic hydroxyl groups is 2. The summed E-state index contributed by atoms with van der Waals surface area (Å²) in [6.45, 7) is 36.6. The molecule has 332 valence electrons. The van der Waals surface area contributed by atoms with Gasteiger partial charge in [-0.3, -0.25) is 0 Å². The molecular weight excluding hydrogens is 967 g/mol. The summed E-state index contributed by atoms with van der Waals surface area (Å²) in [6, 6.07) is 33.5. The Morgan fingerprint density at radius 3 is 1.38 bits per heavy atom. The lowest BCUT2D eigenvalue weighted by molar-refractivity contribution is 0.143. The number of nitrogens with zero attached hydrogens (tertiary/aromatic N) is 6. The van der Waals surface area contributed by atoms with Crippen molar-refractivity contribution in [2.75, 3.05) is 0 Å². The summed E-state index contributed by atoms with van der Waals surface area (Å²) >= 11 is 16.2. The van der Waals surface area contributed by atoms with Crippen molar-refractivity contribution in [3.8, 4) is 47.0 Å². The number of hydrogen-bond acceptors (Lipinski definition) is 4. The normalized spacial score (nSPS) is 11.1. The first-order valence-electron chi connectivity index (χ1n) is 20.9. The highest BCUT2D eigenvalue weighted by molar-refractivity contribution is 9.10. The van der Waals surface area contributed by atoms with E-state index in [1.54, 1.807) is 64.1 Å². The largest absolute Gasteiger partial charge is 0.378 e. The molecular formula is C56H35BrCl2N8O2. The fourth-order valence-corrected chi connectivity index (χ4v) is 8.52. The molecule has 2 aromatic heterocycles. The Hall–Kier alpha value is -8.20. The lowest BCUT2D eigenvalue weighted by Crippen LogP contribution is -2.14. The molecule has 0 aliphatic heterocycles. The maximum absolute atomic E-state index is 9.99. The van der Waals surface area contributed by atoms with Gasteiger partial charge >= 0.3 is 0 Å². The quantitative estimate of drug-likeness (QED) is 0.0784. The van der Waals surface area contributed by atoms with Crippen molar-refractivity contribution < 1.29 is 10.2 Å². The van der Waals surface area contributed by atoms with Gasteiger partial charge in [-0.05, 0) is 97.8 Å². The van der Waals surface area contributed by atoms with Gasteiger partial charge in [0.05, 0.1) is 48.4 Å². The van der Waals surface area contributed by atoms with Gasteiger partial charge in [-0.2, -0.15) is 0 Å². The minimum atomic E-state index is -1.10. The molecule has 10 rings (SSSR count). The molecule has 0 unspecified atom stereocenters. The number of benzene rings is 8. The molecule has 0 amide bonds. The van der Waals surface area contributed by atoms with Crippen molar-refractivity contribution in [2.24, 2.45) is 0 Å². The molecule has 0 spiro atoms. The Morgan fingerprint density at radius 1 is 0.551 bits per heavy atom. The molecule has 4 N–H and O–H groups in total. The number of hydrogen-bond donors (Lipinski definition) is 4. The van der Waals surface area contributed by atoms with E-state index in [0.29, 0.717) is 55.6 Å². The molecule has 0 saturated heterocycles. The number of nitrogens with one attached hydrogen (secondary N) is 2. The molecule has 0 bridgehead atoms. The van der Waals surface area contributed by atoms with Crippen molar-refractivity contribution in [2.45, 2.75) is 38.9 Å². The second kappa shape index (κ2) is 18.8. The summed E-state index contributed by atoms with van der Waals surface area (Å²) < 4.78 is 0.968. The van der Waals surface area contributed by atoms with Crippen molar-refractivity contribution in [1.82, 2.24) is 19.9 Å². The van der Waals surface area contributed by atoms with Crippen molar-refractivity contribution in [3.63, 3.8) is 0 Å². The van der Waals surface area contributed by atoms with Gasteiger partial charge < -0.3 is 20.2 Å². The highest BCUT2D eigenvalue weighted by Crippen LogP contribution is 2.44. The van der Waals surface area contributed by atoms with Crippen LogP contribution in [0.2, 0.25) is 10.0 Å². The van der Waals surface area contributed by atoms with Crippen LogP contribution in [0, 0.1) is 50.5 Å². The third kappa shape index (κ3) is 9.53. The molecule has 0 aliphatic rings. The summed E-state index contributed by atoms with van der Waals surface area (Å²) in [7, 11) is 0. The topological polar surface area (TPSA) is 115 Å². The van der Waals surface area contributed by atoms with Crippen LogP contribution in [-0.4, -0.2) is 41.4 Å². The fraction of sp³-hybridized carbons (Fsp3) is 0.107. The first kappa shape index (κ1) is 47.3. The summed E-state index contributed by atoms with van der Waals surface area (Å²) in [4.78, 5) is 30.9. The molecule has 0 aliphatic carbocycles. The fourth-order valence-electron chi connectivity index (χ4n) is 7.81. The molecule has 69 heavy (non-hydrogen) atoms. The van der Waals surface area contributed by atoms with E-state index in [2.05, 4.69) is 69.1 Å². The Balaban J connectivity index is 0.000000168. The second-order valence-electron chi connectivity index (χ2n) is 16.8. The number of terminal acetylenes is 1. The van der Waals surface area contributed by atoms with Crippen LogP contribution in [0.1, 0.15) is 33.3 Å². The van der Waals surface area contributed by atoms with Crippen molar-refractivity contribution in [3.05, 3.63) is 175 Å². The number of H-pyrrole nitrogens is 2. The molecule has 0 radical (unpaired) electrons. The molecule has 8 aromatic carbocycles. The minimum absolute atomic E-state index is 0.369. The van der Waals surface area contributed by atoms with Crippen LogP contribution in [0.5, 0.6) is 0 Å². The van der Waals surface area contributed by atoms with E-state index in [1.807, 2.05) is 66.7 Å². The molecule has 13 heteroatoms. The number of fused-ring (bicyclic) bond motifs is 12. The lowest BCUT2D eigenvalue weighted by atomic mass is 9.98. The van der Waals surface area contributed by atoms with Crippen LogP contribution < -0.4 is 0 Å². The maximum atomic E-state index is 9.99. The zero-order chi connectivity index (χ0) is 49.4. The van der Waals surface area contributed by atoms with Gasteiger partial charge in [-0.1, -0.05) is 118 Å². The van der Waals surface area contributed by atoms with Crippen LogP contribution in [0.15, 0.2) is 114 Å². The molecule has 10 nitrogen and oxygen atoms in total. The van der Waals surface area contributed by atoms with Crippen LogP contribution in [0.4, 0.5) is 22.7 Å². The number of aromatic amines is 2. The van der Waals surface area contributed by atoms with E-state index in [4.69, 9.17) is 71.0 Å². The average molecular weight is 1000 g/mol. The Morgan fingerprint density at radius 2 is 0.942 bits per heavy atom. The average Bonchev–Trinajstić information content (AvgIpc) is 3.99. The standard InChI is InChI=1S/C28H17ClN4O.C23H10BrClN4.C5H8O/c1-28(2,34)13-12-16-8-10-18-20(14-16)21-15-17(29)9-11-19(21)26-25(18)32-27(33-26)24-22(30-3)6-5-7-23(24)31-4;1-26-18-4-3-5-19(27-2)20(18)23-28-21-14-8-6-12(24)10-16(14)17-11-13(25)7-9-15(17)22(21)29-23;1-4-5(2,3)6/h5-11,14-15,34H,1-2H3,(H,32,33);3-11H,(H,28,29);1,6H,2-3H3. The lowest BCUT2D eigenvalue weighted by Gasteiger charge is -2.08. The molecule has 0 atom stereocenters. The number of halogens is 3. The monoisotopic (exact) mass is 1000 g/mol. The SMILES string of the molecule is C#CC(C)(C)O.[C-]#[N+]c1cccc([N+]#[C-])c1-c1nc2c3ccc(Br)cc3c3cc(Cl)ccc3c2[nH]1.[C-]#[N+]c1cccc([N+]#[C-])c1-c1nc2c3ccc(Cl)cc3c3cc(C#CC(C)(C)O)ccc3c2[nH]1. The summed E-state index contributed by atoms with van der Waals surface area (Å²) in [5.74, 6) is 9.05. The van der Waals surface area contributed by atoms with Gasteiger partial charge in [0.25, 0.3) is 0 Å². The molecule has 0 fully saturated rings. The zero-order valence-corrected chi connectivity index (χ0v) is 40.3. The molecule has 10 aromatic rings. The smallest absolute Gasteiger partial charge is 0.187 e. The van der Waals surface area contributed by atoms with E-state index in [0.717, 1.165) is 75.2 Å². The van der Waals surface area contributed by atoms with Crippen LogP contribution >= 0.6 is 39.1 Å². The summed E-state index contributed by atoms with van der Waals surface area (Å²) in [5, 5.41) is 27.5. The highest BCUT2D eigenvalue weighted by Gasteiger charge is 2.21. The van der Waals surface area contributed by atoms with Crippen LogP contribution in [0.25, 0.3) is 107 Å². The van der Waals surface area contributed by atoms with E-state index in [1.165, 1.54) is 0 Å². The van der Waals surface area contributed by atoms with Crippen LogP contribution in [0.3, 0.4) is 0 Å². The zero-order valence-electron chi connectivity index (χ0n) is 37.2. The van der Waals surface area contributed by atoms with E-state index in [-0.39, 0.29) is 0 Å². The van der Waals surface area contributed by atoms with Gasteiger partial charge in [-0.15, -0.1) is 6.42 Å². The number of imidazole rings is 2. The van der Waals surface area contributed by atoms with E-state index < -0.39 is 11.2 Å². The van der Waals surface area contributed by atoms with E-state index >= 15 is 0 Å². The predicted molar refractivity (Wildman–Crippen MR) is 284 cm³/mol. The maximum Gasteiger partial charge on any atom is 0.187 e. The highest BCUT2D eigenvalue weighted by atomic mass is 79.9. The number of aromatic nitrogens is 4. The predicted octanol–water partition coefficient (Wildman–Crippen LogP) is 15.9. The first-order valence-corrected chi connectivity index (χ1v) is 22.5. The molecule has 0 saturated carbocycles. The van der Waals surface area contributed by atoms with Crippen molar-refractivity contribution >= 4 is 127 Å². The Labute approximate surface area is 415 Å². The van der Waals surface area contributed by atoms with Gasteiger partial charge in [0, 0.05) is 52.8 Å². The van der Waals surface area contributed by atoms with Gasteiger partial charge in [0.15, 0.2) is 22.7 Å². The Kier molecular flexibility index (Phi) is 12.9. The van der Waals surface area contributed by atoms with E-state index in [9.17, 15) is 5.11 Å². The molecule has 2 heterocycles. The third-order valence-electron chi connectivity index (χ3n) is 10.9. The van der Waals surface area contributed by atoms with Gasteiger partial charge in [-0.25, -0.2) is 29.3 Å². The van der Waals surface area contributed by atoms with Gasteiger partial charge in [0.2, 0.25) is 0 Å². The van der Waals surface area contributed by atoms with Gasteiger partial charge in [0.1, 0.15) is 22.9 Å². The third-order valence-corrected chi connectivity index (χ3v) is 11.8. The van der Waals surface area contributed by atoms with Crippen molar-refractivity contribution in [1.29, 1.82) is 0 Å². The Bertz CT molecular complexity index is 3910. The van der Waals surface area contributed by atoms with Crippen LogP contribution in [-0.2, 0) is 0 Å².